The van der Waals surface area contributed by atoms with Crippen LogP contribution >= 0.6 is 0 Å². The average molecular weight is 233 g/mol. The van der Waals surface area contributed by atoms with E-state index in [1.807, 2.05) is 19.2 Å². The predicted molar refractivity (Wildman–Crippen MR) is 72.2 cm³/mol. The number of nitrogens with zero attached hydrogens (tertiary/aromatic N) is 2. The molecule has 1 aromatic rings. The van der Waals surface area contributed by atoms with Crippen molar-refractivity contribution in [1.82, 2.24) is 4.98 Å². The Hall–Kier alpha value is -1.09. The molecule has 1 aliphatic carbocycles. The number of nitrogens with two attached hydrogens (primary N) is 1. The third-order valence-corrected chi connectivity index (χ3v) is 3.53. The van der Waals surface area contributed by atoms with Crippen LogP contribution in [0.4, 0.5) is 5.82 Å². The van der Waals surface area contributed by atoms with Crippen LogP contribution in [0.15, 0.2) is 18.3 Å². The predicted octanol–water partition coefficient (Wildman–Crippen LogP) is 2.21. The molecule has 2 N–H and O–H groups in total. The molecule has 0 amide bonds. The Bertz CT molecular complexity index is 358. The van der Waals surface area contributed by atoms with Gasteiger partial charge in [0.25, 0.3) is 0 Å². The lowest BCUT2D eigenvalue weighted by Crippen LogP contribution is -2.31. The zero-order valence-electron chi connectivity index (χ0n) is 10.9. The van der Waals surface area contributed by atoms with E-state index in [1.54, 1.807) is 0 Å². The minimum absolute atomic E-state index is 0.190. The fourth-order valence-corrected chi connectivity index (χ4v) is 2.43. The highest BCUT2D eigenvalue weighted by Crippen LogP contribution is 2.28. The van der Waals surface area contributed by atoms with Crippen LogP contribution in [0.3, 0.4) is 0 Å². The van der Waals surface area contributed by atoms with Gasteiger partial charge in [0.1, 0.15) is 5.82 Å². The molecular formula is C14H23N3. The molecule has 1 fully saturated rings. The molecule has 2 rings (SSSR count). The van der Waals surface area contributed by atoms with Gasteiger partial charge in [0, 0.05) is 25.8 Å². The lowest BCUT2D eigenvalue weighted by Gasteiger charge is -2.31. The van der Waals surface area contributed by atoms with E-state index in [-0.39, 0.29) is 6.04 Å². The van der Waals surface area contributed by atoms with Gasteiger partial charge in [0.05, 0.1) is 0 Å². The van der Waals surface area contributed by atoms with Crippen molar-refractivity contribution < 1.29 is 0 Å². The van der Waals surface area contributed by atoms with E-state index in [9.17, 15) is 0 Å². The molecule has 0 saturated heterocycles. The summed E-state index contributed by atoms with van der Waals surface area (Å²) in [6, 6.07) is 4.33. The Balaban J connectivity index is 2.06. The van der Waals surface area contributed by atoms with Crippen LogP contribution in [0.1, 0.15) is 31.7 Å². The molecule has 0 spiro atoms. The fraction of sp³-hybridized carbons (Fsp3) is 0.643. The van der Waals surface area contributed by atoms with Crippen molar-refractivity contribution in [2.24, 2.45) is 11.7 Å². The summed E-state index contributed by atoms with van der Waals surface area (Å²) < 4.78 is 0. The number of anilines is 1. The Labute approximate surface area is 104 Å². The summed E-state index contributed by atoms with van der Waals surface area (Å²) in [4.78, 5) is 6.81. The standard InChI is InChI=1S/C14H23N3/c1-11(15)9-13-7-4-8-16-14(13)17(2)10-12-5-3-6-12/h4,7-8,11-12H,3,5-6,9-10,15H2,1-2H3. The molecule has 3 nitrogen and oxygen atoms in total. The molecule has 94 valence electrons. The summed E-state index contributed by atoms with van der Waals surface area (Å²) in [5, 5.41) is 0. The van der Waals surface area contributed by atoms with Crippen LogP contribution in [-0.4, -0.2) is 24.6 Å². The highest BCUT2D eigenvalue weighted by Gasteiger charge is 2.20. The molecule has 1 aromatic heterocycles. The van der Waals surface area contributed by atoms with E-state index in [1.165, 1.54) is 24.8 Å². The Morgan fingerprint density at radius 3 is 2.88 bits per heavy atom. The molecule has 3 heteroatoms. The maximum atomic E-state index is 5.89. The van der Waals surface area contributed by atoms with E-state index in [0.29, 0.717) is 0 Å². The Kier molecular flexibility index (Phi) is 4.00. The van der Waals surface area contributed by atoms with Gasteiger partial charge in [0.15, 0.2) is 0 Å². The molecule has 1 atom stereocenters. The maximum Gasteiger partial charge on any atom is 0.131 e. The van der Waals surface area contributed by atoms with Gasteiger partial charge < -0.3 is 10.6 Å². The van der Waals surface area contributed by atoms with Gasteiger partial charge in [-0.1, -0.05) is 12.5 Å². The summed E-state index contributed by atoms with van der Waals surface area (Å²) in [7, 11) is 2.14. The first-order valence-corrected chi connectivity index (χ1v) is 6.57. The van der Waals surface area contributed by atoms with E-state index >= 15 is 0 Å². The normalized spacial score (nSPS) is 17.6. The monoisotopic (exact) mass is 233 g/mol. The van der Waals surface area contributed by atoms with Gasteiger partial charge >= 0.3 is 0 Å². The smallest absolute Gasteiger partial charge is 0.131 e. The maximum absolute atomic E-state index is 5.89. The molecular weight excluding hydrogens is 210 g/mol. The second-order valence-corrected chi connectivity index (χ2v) is 5.34. The molecule has 1 heterocycles. The van der Waals surface area contributed by atoms with Gasteiger partial charge in [-0.05, 0) is 43.7 Å². The van der Waals surface area contributed by atoms with Crippen molar-refractivity contribution in [2.45, 2.75) is 38.6 Å². The van der Waals surface area contributed by atoms with Gasteiger partial charge in [0.2, 0.25) is 0 Å². The summed E-state index contributed by atoms with van der Waals surface area (Å²) in [6.45, 7) is 3.17. The van der Waals surface area contributed by atoms with Crippen molar-refractivity contribution in [3.63, 3.8) is 0 Å². The Morgan fingerprint density at radius 1 is 1.53 bits per heavy atom. The second kappa shape index (κ2) is 5.50. The third-order valence-electron chi connectivity index (χ3n) is 3.53. The number of pyridine rings is 1. The summed E-state index contributed by atoms with van der Waals surface area (Å²) >= 11 is 0. The first-order valence-electron chi connectivity index (χ1n) is 6.57. The van der Waals surface area contributed by atoms with Crippen LogP contribution in [0.5, 0.6) is 0 Å². The highest BCUT2D eigenvalue weighted by atomic mass is 15.2. The zero-order chi connectivity index (χ0) is 12.3. The van der Waals surface area contributed by atoms with Crippen molar-refractivity contribution in [3.05, 3.63) is 23.9 Å². The third kappa shape index (κ3) is 3.19. The number of hydrogen-bond donors (Lipinski definition) is 1. The SMILES string of the molecule is CC(N)Cc1cccnc1N(C)CC1CCC1. The molecule has 0 aliphatic heterocycles. The first-order chi connectivity index (χ1) is 8.16. The van der Waals surface area contributed by atoms with E-state index in [4.69, 9.17) is 5.73 Å². The van der Waals surface area contributed by atoms with E-state index in [0.717, 1.165) is 24.7 Å². The number of rotatable bonds is 5. The summed E-state index contributed by atoms with van der Waals surface area (Å²) in [5.74, 6) is 1.97. The minimum Gasteiger partial charge on any atom is -0.359 e. The summed E-state index contributed by atoms with van der Waals surface area (Å²) in [6.07, 6.45) is 6.92. The molecule has 17 heavy (non-hydrogen) atoms. The molecule has 1 aliphatic rings. The number of hydrogen-bond acceptors (Lipinski definition) is 3. The van der Waals surface area contributed by atoms with E-state index < -0.39 is 0 Å². The lowest BCUT2D eigenvalue weighted by atomic mass is 9.85. The van der Waals surface area contributed by atoms with Crippen LogP contribution in [0.2, 0.25) is 0 Å². The van der Waals surface area contributed by atoms with Gasteiger partial charge in [-0.3, -0.25) is 0 Å². The van der Waals surface area contributed by atoms with E-state index in [2.05, 4.69) is 23.0 Å². The van der Waals surface area contributed by atoms with Crippen LogP contribution < -0.4 is 10.6 Å². The van der Waals surface area contributed by atoms with Crippen molar-refractivity contribution >= 4 is 5.82 Å². The molecule has 1 unspecified atom stereocenters. The van der Waals surface area contributed by atoms with Crippen molar-refractivity contribution in [3.8, 4) is 0 Å². The quantitative estimate of drug-likeness (QED) is 0.848. The molecule has 1 saturated carbocycles. The Morgan fingerprint density at radius 2 is 2.29 bits per heavy atom. The second-order valence-electron chi connectivity index (χ2n) is 5.34. The largest absolute Gasteiger partial charge is 0.359 e. The average Bonchev–Trinajstić information content (AvgIpc) is 2.23. The number of aromatic nitrogens is 1. The van der Waals surface area contributed by atoms with Crippen molar-refractivity contribution in [2.75, 3.05) is 18.5 Å². The highest BCUT2D eigenvalue weighted by molar-refractivity contribution is 5.46. The van der Waals surface area contributed by atoms with Crippen LogP contribution in [0.25, 0.3) is 0 Å². The molecule has 0 radical (unpaired) electrons. The zero-order valence-corrected chi connectivity index (χ0v) is 10.9. The molecule has 0 aromatic carbocycles. The summed E-state index contributed by atoms with van der Waals surface area (Å²) in [5.41, 5.74) is 7.15. The topological polar surface area (TPSA) is 42.1 Å². The first kappa shape index (κ1) is 12.4. The lowest BCUT2D eigenvalue weighted by molar-refractivity contribution is 0.321. The minimum atomic E-state index is 0.190. The van der Waals surface area contributed by atoms with Gasteiger partial charge in [-0.25, -0.2) is 4.98 Å². The van der Waals surface area contributed by atoms with Gasteiger partial charge in [-0.15, -0.1) is 0 Å². The molecule has 0 bridgehead atoms. The van der Waals surface area contributed by atoms with Gasteiger partial charge in [-0.2, -0.15) is 0 Å². The van der Waals surface area contributed by atoms with Crippen LogP contribution in [-0.2, 0) is 6.42 Å². The fourth-order valence-electron chi connectivity index (χ4n) is 2.43. The van der Waals surface area contributed by atoms with Crippen molar-refractivity contribution in [1.29, 1.82) is 0 Å². The van der Waals surface area contributed by atoms with Crippen LogP contribution in [0, 0.1) is 5.92 Å².